The number of carbonyl (C=O) groups is 2. The standard InChI is InChI=1S/C13H21NO3/c1-8-6-4-5-7-14(8)11(15)9-10(12(16)17)13(9,2)3/h8-10H,4-7H2,1-3H3,(H,16,17)/t8-,9-,10-/m1/s1. The van der Waals surface area contributed by atoms with Gasteiger partial charge in [-0.25, -0.2) is 0 Å². The first-order chi connectivity index (χ1) is 7.87. The van der Waals surface area contributed by atoms with Crippen LogP contribution >= 0.6 is 0 Å². The maximum absolute atomic E-state index is 12.4. The Morgan fingerprint density at radius 3 is 2.35 bits per heavy atom. The van der Waals surface area contributed by atoms with E-state index in [1.807, 2.05) is 18.7 Å². The Morgan fingerprint density at radius 1 is 1.24 bits per heavy atom. The number of hydrogen-bond donors (Lipinski definition) is 1. The molecular weight excluding hydrogens is 218 g/mol. The lowest BCUT2D eigenvalue weighted by atomic mass is 10.0. The third-order valence-corrected chi connectivity index (χ3v) is 4.45. The summed E-state index contributed by atoms with van der Waals surface area (Å²) in [5, 5.41) is 9.10. The summed E-state index contributed by atoms with van der Waals surface area (Å²) in [6.45, 7) is 6.60. The van der Waals surface area contributed by atoms with Crippen molar-refractivity contribution >= 4 is 11.9 Å². The van der Waals surface area contributed by atoms with Crippen LogP contribution in [0.4, 0.5) is 0 Å². The van der Waals surface area contributed by atoms with Crippen LogP contribution in [0, 0.1) is 17.3 Å². The maximum atomic E-state index is 12.4. The summed E-state index contributed by atoms with van der Waals surface area (Å²) in [4.78, 5) is 25.3. The number of likely N-dealkylation sites (tertiary alicyclic amines) is 1. The number of nitrogens with zero attached hydrogens (tertiary/aromatic N) is 1. The van der Waals surface area contributed by atoms with Gasteiger partial charge in [0.25, 0.3) is 0 Å². The Kier molecular flexibility index (Phi) is 2.92. The van der Waals surface area contributed by atoms with E-state index in [1.54, 1.807) is 0 Å². The number of carbonyl (C=O) groups excluding carboxylic acids is 1. The van der Waals surface area contributed by atoms with E-state index in [4.69, 9.17) is 5.11 Å². The molecule has 2 aliphatic rings. The summed E-state index contributed by atoms with van der Waals surface area (Å²) in [6.07, 6.45) is 3.25. The SMILES string of the molecule is C[C@@H]1CCCCN1C(=O)[C@H]1[C@H](C(=O)O)C1(C)C. The first kappa shape index (κ1) is 12.4. The fourth-order valence-corrected chi connectivity index (χ4v) is 3.16. The molecule has 1 saturated carbocycles. The summed E-state index contributed by atoms with van der Waals surface area (Å²) in [6, 6.07) is 0.266. The normalized spacial score (nSPS) is 35.5. The van der Waals surface area contributed by atoms with E-state index in [9.17, 15) is 9.59 Å². The minimum Gasteiger partial charge on any atom is -0.481 e. The van der Waals surface area contributed by atoms with Gasteiger partial charge in [0.05, 0.1) is 11.8 Å². The molecule has 4 nitrogen and oxygen atoms in total. The minimum atomic E-state index is -0.835. The quantitative estimate of drug-likeness (QED) is 0.798. The van der Waals surface area contributed by atoms with E-state index in [2.05, 4.69) is 6.92 Å². The number of carboxylic acid groups (broad SMARTS) is 1. The molecule has 2 fully saturated rings. The van der Waals surface area contributed by atoms with Gasteiger partial charge >= 0.3 is 5.97 Å². The lowest BCUT2D eigenvalue weighted by Gasteiger charge is -2.34. The number of amides is 1. The van der Waals surface area contributed by atoms with Crippen molar-refractivity contribution in [1.82, 2.24) is 4.90 Å². The highest BCUT2D eigenvalue weighted by molar-refractivity contribution is 5.91. The van der Waals surface area contributed by atoms with Crippen LogP contribution < -0.4 is 0 Å². The Labute approximate surface area is 102 Å². The molecule has 0 aromatic heterocycles. The van der Waals surface area contributed by atoms with Crippen molar-refractivity contribution in [3.8, 4) is 0 Å². The average molecular weight is 239 g/mol. The monoisotopic (exact) mass is 239 g/mol. The van der Waals surface area contributed by atoms with Crippen LogP contribution in [0.5, 0.6) is 0 Å². The number of rotatable bonds is 2. The first-order valence-electron chi connectivity index (χ1n) is 6.40. The molecule has 3 atom stereocenters. The Morgan fingerprint density at radius 2 is 1.88 bits per heavy atom. The van der Waals surface area contributed by atoms with Crippen molar-refractivity contribution < 1.29 is 14.7 Å². The Hall–Kier alpha value is -1.06. The summed E-state index contributed by atoms with van der Waals surface area (Å²) in [5.74, 6) is -1.60. The zero-order valence-corrected chi connectivity index (χ0v) is 10.8. The molecule has 0 radical (unpaired) electrons. The Balaban J connectivity index is 2.08. The molecule has 1 aliphatic heterocycles. The molecule has 4 heteroatoms. The summed E-state index contributed by atoms with van der Waals surface area (Å²) in [5.41, 5.74) is -0.375. The molecule has 1 N–H and O–H groups in total. The number of piperidine rings is 1. The number of carboxylic acids is 1. The average Bonchev–Trinajstić information content (AvgIpc) is 2.81. The molecule has 1 saturated heterocycles. The van der Waals surface area contributed by atoms with Gasteiger partial charge in [-0.05, 0) is 31.6 Å². The van der Waals surface area contributed by atoms with Crippen LogP contribution in [0.2, 0.25) is 0 Å². The first-order valence-corrected chi connectivity index (χ1v) is 6.40. The Bertz CT molecular complexity index is 351. The van der Waals surface area contributed by atoms with Gasteiger partial charge in [0.1, 0.15) is 0 Å². The number of aliphatic carboxylic acids is 1. The van der Waals surface area contributed by atoms with Crippen molar-refractivity contribution in [1.29, 1.82) is 0 Å². The van der Waals surface area contributed by atoms with E-state index in [0.29, 0.717) is 0 Å². The molecule has 0 aromatic rings. The fourth-order valence-electron chi connectivity index (χ4n) is 3.16. The van der Waals surface area contributed by atoms with Crippen LogP contribution in [0.3, 0.4) is 0 Å². The molecule has 1 aliphatic carbocycles. The van der Waals surface area contributed by atoms with Crippen LogP contribution in [0.15, 0.2) is 0 Å². The van der Waals surface area contributed by atoms with E-state index < -0.39 is 11.9 Å². The highest BCUT2D eigenvalue weighted by Crippen LogP contribution is 2.59. The number of hydrogen-bond acceptors (Lipinski definition) is 2. The van der Waals surface area contributed by atoms with Crippen molar-refractivity contribution in [3.05, 3.63) is 0 Å². The summed E-state index contributed by atoms with van der Waals surface area (Å²) in [7, 11) is 0. The topological polar surface area (TPSA) is 57.6 Å². The molecule has 0 bridgehead atoms. The van der Waals surface area contributed by atoms with Crippen LogP contribution in [0.1, 0.15) is 40.0 Å². The molecule has 1 heterocycles. The predicted octanol–water partition coefficient (Wildman–Crippen LogP) is 1.74. The second-order valence-electron chi connectivity index (χ2n) is 5.99. The summed E-state index contributed by atoms with van der Waals surface area (Å²) < 4.78 is 0. The van der Waals surface area contributed by atoms with Crippen molar-refractivity contribution in [3.63, 3.8) is 0 Å². The molecule has 0 aromatic carbocycles. The van der Waals surface area contributed by atoms with Gasteiger partial charge in [0, 0.05) is 12.6 Å². The highest BCUT2D eigenvalue weighted by atomic mass is 16.4. The van der Waals surface area contributed by atoms with Crippen LogP contribution in [-0.2, 0) is 9.59 Å². The molecule has 1 amide bonds. The van der Waals surface area contributed by atoms with E-state index in [-0.39, 0.29) is 23.3 Å². The van der Waals surface area contributed by atoms with Gasteiger partial charge < -0.3 is 10.0 Å². The van der Waals surface area contributed by atoms with E-state index >= 15 is 0 Å². The molecule has 17 heavy (non-hydrogen) atoms. The fraction of sp³-hybridized carbons (Fsp3) is 0.846. The van der Waals surface area contributed by atoms with Crippen molar-refractivity contribution in [2.45, 2.75) is 46.1 Å². The van der Waals surface area contributed by atoms with Crippen molar-refractivity contribution in [2.75, 3.05) is 6.54 Å². The molecular formula is C13H21NO3. The van der Waals surface area contributed by atoms with Gasteiger partial charge in [-0.15, -0.1) is 0 Å². The second kappa shape index (κ2) is 4.00. The highest BCUT2D eigenvalue weighted by Gasteiger charge is 2.66. The third kappa shape index (κ3) is 1.94. The predicted molar refractivity (Wildman–Crippen MR) is 63.4 cm³/mol. The largest absolute Gasteiger partial charge is 0.481 e. The van der Waals surface area contributed by atoms with Gasteiger partial charge in [0.2, 0.25) is 5.91 Å². The van der Waals surface area contributed by atoms with Gasteiger partial charge in [0.15, 0.2) is 0 Å². The molecule has 96 valence electrons. The van der Waals surface area contributed by atoms with Crippen molar-refractivity contribution in [2.24, 2.45) is 17.3 Å². The second-order valence-corrected chi connectivity index (χ2v) is 5.99. The smallest absolute Gasteiger partial charge is 0.307 e. The van der Waals surface area contributed by atoms with Gasteiger partial charge in [-0.2, -0.15) is 0 Å². The zero-order valence-electron chi connectivity index (χ0n) is 10.8. The van der Waals surface area contributed by atoms with Gasteiger partial charge in [-0.1, -0.05) is 13.8 Å². The van der Waals surface area contributed by atoms with E-state index in [1.165, 1.54) is 6.42 Å². The van der Waals surface area contributed by atoms with E-state index in [0.717, 1.165) is 19.4 Å². The minimum absolute atomic E-state index is 0.0506. The molecule has 0 spiro atoms. The van der Waals surface area contributed by atoms with Crippen LogP contribution in [-0.4, -0.2) is 34.5 Å². The lowest BCUT2D eigenvalue weighted by molar-refractivity contribution is -0.143. The molecule has 0 unspecified atom stereocenters. The zero-order chi connectivity index (χ0) is 12.8. The third-order valence-electron chi connectivity index (χ3n) is 4.45. The lowest BCUT2D eigenvalue weighted by Crippen LogP contribution is -2.43. The van der Waals surface area contributed by atoms with Crippen LogP contribution in [0.25, 0.3) is 0 Å². The molecule has 2 rings (SSSR count). The summed E-state index contributed by atoms with van der Waals surface area (Å²) >= 11 is 0. The maximum Gasteiger partial charge on any atom is 0.307 e. The van der Waals surface area contributed by atoms with Gasteiger partial charge in [-0.3, -0.25) is 9.59 Å².